The molecule has 0 aliphatic carbocycles. The minimum atomic E-state index is -0.264. The van der Waals surface area contributed by atoms with Gasteiger partial charge in [-0.3, -0.25) is 0 Å². The van der Waals surface area contributed by atoms with Crippen LogP contribution in [0.25, 0.3) is 0 Å². The first-order valence-electron chi connectivity index (χ1n) is 8.22. The van der Waals surface area contributed by atoms with Crippen LogP contribution in [0.5, 0.6) is 11.5 Å². The van der Waals surface area contributed by atoms with Crippen LogP contribution in [0.2, 0.25) is 0 Å². The molecule has 0 spiro atoms. The molecule has 134 valence electrons. The minimum Gasteiger partial charge on any atom is -0.493 e. The normalized spacial score (nSPS) is 18.7. The molecule has 0 saturated carbocycles. The number of ether oxygens (including phenoxy) is 2. The third-order valence-corrected chi connectivity index (χ3v) is 4.62. The maximum atomic E-state index is 13.3. The van der Waals surface area contributed by atoms with Gasteiger partial charge in [-0.2, -0.15) is 0 Å². The Hall–Kier alpha value is -3.16. The van der Waals surface area contributed by atoms with Gasteiger partial charge in [0.15, 0.2) is 11.5 Å². The van der Waals surface area contributed by atoms with Crippen LogP contribution in [0.4, 0.5) is 10.3 Å². The lowest BCUT2D eigenvalue weighted by atomic mass is 9.92. The molecule has 0 radical (unpaired) electrons. The smallest absolute Gasteiger partial charge is 0.243 e. The number of methoxy groups -OCH3 is 2. The molecule has 0 amide bonds. The second-order valence-corrected chi connectivity index (χ2v) is 6.03. The Bertz CT molecular complexity index is 912. The molecule has 0 unspecified atom stereocenters. The maximum absolute atomic E-state index is 13.3. The van der Waals surface area contributed by atoms with E-state index in [1.54, 1.807) is 31.0 Å². The summed E-state index contributed by atoms with van der Waals surface area (Å²) in [6.45, 7) is 0. The van der Waals surface area contributed by atoms with E-state index < -0.39 is 0 Å². The van der Waals surface area contributed by atoms with E-state index in [1.165, 1.54) is 12.1 Å². The number of anilines is 1. The molecule has 1 aromatic heterocycles. The predicted molar refractivity (Wildman–Crippen MR) is 92.9 cm³/mol. The molecular weight excluding hydrogens is 337 g/mol. The predicted octanol–water partition coefficient (Wildman–Crippen LogP) is 2.98. The third-order valence-electron chi connectivity index (χ3n) is 4.62. The molecule has 4 rings (SSSR count). The third kappa shape index (κ3) is 2.73. The number of tetrazole rings is 1. The number of hydrogen-bond acceptors (Lipinski definition) is 6. The van der Waals surface area contributed by atoms with Crippen molar-refractivity contribution in [1.82, 2.24) is 20.2 Å². The van der Waals surface area contributed by atoms with Crippen LogP contribution in [0.15, 0.2) is 42.5 Å². The molecule has 1 N–H and O–H groups in total. The number of halogens is 1. The number of nitrogens with zero attached hydrogens (tertiary/aromatic N) is 4. The van der Waals surface area contributed by atoms with Crippen LogP contribution in [0, 0.1) is 5.82 Å². The van der Waals surface area contributed by atoms with E-state index in [4.69, 9.17) is 9.47 Å². The summed E-state index contributed by atoms with van der Waals surface area (Å²) in [7, 11) is 3.22. The zero-order valence-corrected chi connectivity index (χ0v) is 14.4. The van der Waals surface area contributed by atoms with Crippen molar-refractivity contribution < 1.29 is 13.9 Å². The molecule has 7 nitrogen and oxygen atoms in total. The van der Waals surface area contributed by atoms with Gasteiger partial charge in [0.2, 0.25) is 5.95 Å². The van der Waals surface area contributed by atoms with Crippen molar-refractivity contribution in [3.05, 3.63) is 59.4 Å². The molecule has 8 heteroatoms. The fourth-order valence-corrected chi connectivity index (χ4v) is 3.38. The van der Waals surface area contributed by atoms with Crippen LogP contribution >= 0.6 is 0 Å². The highest BCUT2D eigenvalue weighted by Crippen LogP contribution is 2.43. The van der Waals surface area contributed by atoms with E-state index >= 15 is 0 Å². The van der Waals surface area contributed by atoms with Gasteiger partial charge in [0.25, 0.3) is 0 Å². The summed E-state index contributed by atoms with van der Waals surface area (Å²) in [4.78, 5) is 0. The summed E-state index contributed by atoms with van der Waals surface area (Å²) in [5.74, 6) is 1.60. The molecule has 0 bridgehead atoms. The number of para-hydroxylation sites is 1. The quantitative estimate of drug-likeness (QED) is 0.776. The Labute approximate surface area is 149 Å². The number of fused-ring (bicyclic) bond motifs is 1. The summed E-state index contributed by atoms with van der Waals surface area (Å²) in [6, 6.07) is 12.0. The molecule has 0 fully saturated rings. The van der Waals surface area contributed by atoms with Crippen LogP contribution < -0.4 is 14.8 Å². The van der Waals surface area contributed by atoms with Gasteiger partial charge in [-0.1, -0.05) is 29.4 Å². The monoisotopic (exact) mass is 355 g/mol. The highest BCUT2D eigenvalue weighted by molar-refractivity contribution is 5.50. The largest absolute Gasteiger partial charge is 0.493 e. The molecule has 26 heavy (non-hydrogen) atoms. The lowest BCUT2D eigenvalue weighted by molar-refractivity contribution is 0.339. The lowest BCUT2D eigenvalue weighted by Gasteiger charge is -2.31. The molecule has 1 aliphatic heterocycles. The summed E-state index contributed by atoms with van der Waals surface area (Å²) in [6.07, 6.45) is 0.674. The van der Waals surface area contributed by atoms with Crippen molar-refractivity contribution in [2.75, 3.05) is 19.5 Å². The average molecular weight is 355 g/mol. The number of nitrogens with one attached hydrogen (secondary N) is 1. The van der Waals surface area contributed by atoms with Crippen LogP contribution in [-0.2, 0) is 0 Å². The first kappa shape index (κ1) is 16.3. The fourth-order valence-electron chi connectivity index (χ4n) is 3.38. The SMILES string of the molecule is COc1cccc([C@H]2C[C@@H](c3ccc(F)cc3)Nc3nnnn32)c1OC. The zero-order valence-electron chi connectivity index (χ0n) is 14.4. The van der Waals surface area contributed by atoms with Crippen LogP contribution in [0.3, 0.4) is 0 Å². The van der Waals surface area contributed by atoms with Gasteiger partial charge >= 0.3 is 0 Å². The Morgan fingerprint density at radius 2 is 1.92 bits per heavy atom. The Kier molecular flexibility index (Phi) is 4.16. The minimum absolute atomic E-state index is 0.0602. The number of benzene rings is 2. The van der Waals surface area contributed by atoms with E-state index in [-0.39, 0.29) is 17.9 Å². The fraction of sp³-hybridized carbons (Fsp3) is 0.278. The zero-order chi connectivity index (χ0) is 18.1. The van der Waals surface area contributed by atoms with Crippen molar-refractivity contribution >= 4 is 5.95 Å². The van der Waals surface area contributed by atoms with Crippen molar-refractivity contribution in [2.24, 2.45) is 0 Å². The van der Waals surface area contributed by atoms with E-state index in [0.717, 1.165) is 11.1 Å². The molecular formula is C18H18FN5O2. The van der Waals surface area contributed by atoms with Crippen molar-refractivity contribution in [2.45, 2.75) is 18.5 Å². The number of hydrogen-bond donors (Lipinski definition) is 1. The van der Waals surface area contributed by atoms with Gasteiger partial charge in [0.1, 0.15) is 5.82 Å². The lowest BCUT2D eigenvalue weighted by Crippen LogP contribution is -2.28. The van der Waals surface area contributed by atoms with E-state index in [9.17, 15) is 4.39 Å². The van der Waals surface area contributed by atoms with Crippen LogP contribution in [0.1, 0.15) is 29.6 Å². The molecule has 0 saturated heterocycles. The van der Waals surface area contributed by atoms with E-state index in [0.29, 0.717) is 23.9 Å². The van der Waals surface area contributed by atoms with Gasteiger partial charge in [0.05, 0.1) is 26.3 Å². The van der Waals surface area contributed by atoms with Gasteiger partial charge in [-0.05, 0) is 40.6 Å². The molecule has 2 aromatic carbocycles. The second-order valence-electron chi connectivity index (χ2n) is 6.03. The van der Waals surface area contributed by atoms with Crippen LogP contribution in [-0.4, -0.2) is 34.4 Å². The molecule has 3 aromatic rings. The standard InChI is InChI=1S/C18H18FN5O2/c1-25-16-5-3-4-13(17(16)26-2)15-10-14(11-6-8-12(19)9-7-11)20-18-21-22-23-24(15)18/h3-9,14-15H,10H2,1-2H3,(H,20,21,23)/t14-,15+/m0/s1. The van der Waals surface area contributed by atoms with Gasteiger partial charge < -0.3 is 14.8 Å². The highest BCUT2D eigenvalue weighted by atomic mass is 19.1. The Balaban J connectivity index is 1.78. The van der Waals surface area contributed by atoms with Gasteiger partial charge in [-0.25, -0.2) is 9.07 Å². The summed E-state index contributed by atoms with van der Waals surface area (Å²) in [5, 5.41) is 15.3. The first-order chi connectivity index (χ1) is 12.7. The molecule has 2 heterocycles. The van der Waals surface area contributed by atoms with E-state index in [1.807, 2.05) is 18.2 Å². The summed E-state index contributed by atoms with van der Waals surface area (Å²) >= 11 is 0. The maximum Gasteiger partial charge on any atom is 0.243 e. The second kappa shape index (κ2) is 6.62. The van der Waals surface area contributed by atoms with E-state index in [2.05, 4.69) is 20.8 Å². The number of aromatic nitrogens is 4. The van der Waals surface area contributed by atoms with Crippen molar-refractivity contribution in [3.63, 3.8) is 0 Å². The highest BCUT2D eigenvalue weighted by Gasteiger charge is 2.33. The summed E-state index contributed by atoms with van der Waals surface area (Å²) in [5.41, 5.74) is 1.89. The number of rotatable bonds is 4. The van der Waals surface area contributed by atoms with Gasteiger partial charge in [0, 0.05) is 5.56 Å². The van der Waals surface area contributed by atoms with Crippen molar-refractivity contribution in [1.29, 1.82) is 0 Å². The summed E-state index contributed by atoms with van der Waals surface area (Å²) < 4.78 is 26.0. The molecule has 1 aliphatic rings. The Morgan fingerprint density at radius 3 is 2.65 bits per heavy atom. The van der Waals surface area contributed by atoms with Crippen molar-refractivity contribution in [3.8, 4) is 11.5 Å². The Morgan fingerprint density at radius 1 is 1.12 bits per heavy atom. The molecule has 2 atom stereocenters. The average Bonchev–Trinajstić information content (AvgIpc) is 3.15. The van der Waals surface area contributed by atoms with Gasteiger partial charge in [-0.15, -0.1) is 0 Å². The topological polar surface area (TPSA) is 74.1 Å². The first-order valence-corrected chi connectivity index (χ1v) is 8.22.